The van der Waals surface area contributed by atoms with E-state index in [1.54, 1.807) is 18.3 Å². The molecule has 11 heteroatoms. The monoisotopic (exact) mass is 577 g/mol. The predicted molar refractivity (Wildman–Crippen MR) is 165 cm³/mol. The number of benzene rings is 3. The van der Waals surface area contributed by atoms with Gasteiger partial charge in [-0.1, -0.05) is 42.5 Å². The van der Waals surface area contributed by atoms with Crippen LogP contribution in [-0.4, -0.2) is 41.2 Å². The van der Waals surface area contributed by atoms with Crippen LogP contribution in [0.1, 0.15) is 24.1 Å². The Kier molecular flexibility index (Phi) is 8.61. The lowest BCUT2D eigenvalue weighted by Gasteiger charge is -2.19. The number of hydrogen-bond acceptors (Lipinski definition) is 8. The smallest absolute Gasteiger partial charge is 0.229 e. The third kappa shape index (κ3) is 6.70. The number of rotatable bonds is 9. The molecule has 0 spiro atoms. The molecule has 2 N–H and O–H groups in total. The number of nitrogens with zero attached hydrogens (tertiary/aromatic N) is 5. The van der Waals surface area contributed by atoms with Crippen LogP contribution in [0.25, 0.3) is 11.0 Å². The van der Waals surface area contributed by atoms with Crippen LogP contribution in [0.4, 0.5) is 29.1 Å². The molecule has 0 saturated heterocycles. The van der Waals surface area contributed by atoms with Crippen molar-refractivity contribution in [2.45, 2.75) is 18.7 Å². The highest BCUT2D eigenvalue weighted by atomic mass is 35.5. The summed E-state index contributed by atoms with van der Waals surface area (Å²) in [4.78, 5) is 15.9. The summed E-state index contributed by atoms with van der Waals surface area (Å²) in [6.45, 7) is 2.12. The van der Waals surface area contributed by atoms with E-state index in [4.69, 9.17) is 4.98 Å². The van der Waals surface area contributed by atoms with Crippen LogP contribution in [0.3, 0.4) is 0 Å². The fraction of sp³-hybridized carbons (Fsp3) is 0.207. The number of sulfone groups is 1. The van der Waals surface area contributed by atoms with Crippen molar-refractivity contribution in [3.63, 3.8) is 0 Å². The van der Waals surface area contributed by atoms with Crippen LogP contribution < -0.4 is 15.5 Å². The molecule has 40 heavy (non-hydrogen) atoms. The molecule has 0 radical (unpaired) electrons. The van der Waals surface area contributed by atoms with E-state index >= 15 is 0 Å². The van der Waals surface area contributed by atoms with Gasteiger partial charge < -0.3 is 20.1 Å². The molecule has 0 aliphatic carbocycles. The molecule has 2 aromatic heterocycles. The first-order chi connectivity index (χ1) is 18.7. The van der Waals surface area contributed by atoms with Crippen LogP contribution in [-0.2, 0) is 22.6 Å². The summed E-state index contributed by atoms with van der Waals surface area (Å²) < 4.78 is 25.1. The van der Waals surface area contributed by atoms with Crippen LogP contribution in [0.2, 0.25) is 0 Å². The minimum atomic E-state index is -3.08. The summed E-state index contributed by atoms with van der Waals surface area (Å²) in [5, 5.41) is 6.71. The molecule has 3 aromatic carbocycles. The van der Waals surface area contributed by atoms with Gasteiger partial charge in [0, 0.05) is 37.9 Å². The zero-order chi connectivity index (χ0) is 27.6. The van der Waals surface area contributed by atoms with E-state index in [0.29, 0.717) is 11.8 Å². The van der Waals surface area contributed by atoms with E-state index in [0.717, 1.165) is 33.9 Å². The second-order valence-electron chi connectivity index (χ2n) is 9.63. The van der Waals surface area contributed by atoms with E-state index in [1.807, 2.05) is 67.5 Å². The van der Waals surface area contributed by atoms with E-state index in [9.17, 15) is 8.42 Å². The standard InChI is InChI=1S/C29H31N7O2S.ClH/c1-20(22-8-6-5-7-9-22)31-29-33-25-18-24(14-15-26(25)36(29)3)35(2)27-16-17-30-28(34-27)32-23-12-10-21(11-13-23)19-39(4,37)38;/h5-18,20H,19H2,1-4H3,(H,31,33)(H,30,32,34);1H. The van der Waals surface area contributed by atoms with Gasteiger partial charge in [-0.3, -0.25) is 0 Å². The highest BCUT2D eigenvalue weighted by molar-refractivity contribution is 7.89. The summed E-state index contributed by atoms with van der Waals surface area (Å²) in [5.74, 6) is 1.97. The largest absolute Gasteiger partial charge is 0.349 e. The molecule has 0 amide bonds. The maximum absolute atomic E-state index is 11.5. The molecule has 5 aromatic rings. The maximum Gasteiger partial charge on any atom is 0.229 e. The Morgan fingerprint density at radius 1 is 0.975 bits per heavy atom. The molecule has 1 atom stereocenters. The van der Waals surface area contributed by atoms with Crippen molar-refractivity contribution < 1.29 is 8.42 Å². The minimum Gasteiger partial charge on any atom is -0.349 e. The molecule has 9 nitrogen and oxygen atoms in total. The van der Waals surface area contributed by atoms with Gasteiger partial charge in [0.1, 0.15) is 5.82 Å². The Hall–Kier alpha value is -4.15. The van der Waals surface area contributed by atoms with Crippen LogP contribution in [0, 0.1) is 0 Å². The van der Waals surface area contributed by atoms with E-state index in [2.05, 4.69) is 50.3 Å². The number of halogens is 1. The van der Waals surface area contributed by atoms with Crippen molar-refractivity contribution in [1.29, 1.82) is 0 Å². The Bertz CT molecular complexity index is 1710. The zero-order valence-corrected chi connectivity index (χ0v) is 24.4. The molecule has 1 unspecified atom stereocenters. The van der Waals surface area contributed by atoms with E-state index in [1.165, 1.54) is 11.8 Å². The number of aryl methyl sites for hydroxylation is 1. The summed E-state index contributed by atoms with van der Waals surface area (Å²) in [7, 11) is 0.878. The summed E-state index contributed by atoms with van der Waals surface area (Å²) in [6.07, 6.45) is 2.92. The molecule has 2 heterocycles. The molecular weight excluding hydrogens is 546 g/mol. The fourth-order valence-electron chi connectivity index (χ4n) is 4.39. The van der Waals surface area contributed by atoms with Crippen LogP contribution in [0.15, 0.2) is 85.1 Å². The lowest BCUT2D eigenvalue weighted by molar-refractivity contribution is 0.601. The second-order valence-corrected chi connectivity index (χ2v) is 11.8. The molecule has 0 saturated carbocycles. The lowest BCUT2D eigenvalue weighted by atomic mass is 10.1. The average Bonchev–Trinajstić information content (AvgIpc) is 3.23. The molecule has 0 aliphatic rings. The first kappa shape index (κ1) is 28.8. The van der Waals surface area contributed by atoms with Crippen LogP contribution >= 0.6 is 12.4 Å². The number of nitrogens with one attached hydrogen (secondary N) is 2. The third-order valence-corrected chi connectivity index (χ3v) is 7.38. The van der Waals surface area contributed by atoms with Gasteiger partial charge in [-0.2, -0.15) is 4.98 Å². The van der Waals surface area contributed by atoms with E-state index < -0.39 is 9.84 Å². The van der Waals surface area contributed by atoms with Crippen molar-refractivity contribution in [1.82, 2.24) is 19.5 Å². The van der Waals surface area contributed by atoms with Crippen molar-refractivity contribution in [3.05, 3.63) is 96.2 Å². The Morgan fingerprint density at radius 3 is 2.40 bits per heavy atom. The first-order valence-corrected chi connectivity index (χ1v) is 14.6. The van der Waals surface area contributed by atoms with Gasteiger partial charge in [-0.15, -0.1) is 12.4 Å². The summed E-state index contributed by atoms with van der Waals surface area (Å²) in [6, 6.07) is 25.6. The van der Waals surface area contributed by atoms with Crippen molar-refractivity contribution in [3.8, 4) is 0 Å². The quantitative estimate of drug-likeness (QED) is 0.219. The molecule has 5 rings (SSSR count). The van der Waals surface area contributed by atoms with Gasteiger partial charge in [0.05, 0.1) is 22.8 Å². The first-order valence-electron chi connectivity index (χ1n) is 12.5. The molecule has 208 valence electrons. The van der Waals surface area contributed by atoms with Crippen molar-refractivity contribution in [2.75, 3.05) is 28.8 Å². The Morgan fingerprint density at radius 2 is 1.70 bits per heavy atom. The Balaban J connectivity index is 0.00000370. The van der Waals surface area contributed by atoms with Gasteiger partial charge in [0.25, 0.3) is 0 Å². The normalized spacial score (nSPS) is 12.0. The number of imidazole rings is 1. The average molecular weight is 578 g/mol. The maximum atomic E-state index is 11.5. The highest BCUT2D eigenvalue weighted by Gasteiger charge is 2.14. The number of fused-ring (bicyclic) bond motifs is 1. The van der Waals surface area contributed by atoms with Crippen LogP contribution in [0.5, 0.6) is 0 Å². The fourth-order valence-corrected chi connectivity index (χ4v) is 5.19. The summed E-state index contributed by atoms with van der Waals surface area (Å²) in [5.41, 5.74) is 5.55. The highest BCUT2D eigenvalue weighted by Crippen LogP contribution is 2.29. The molecule has 0 bridgehead atoms. The Labute approximate surface area is 240 Å². The topological polar surface area (TPSA) is 105 Å². The van der Waals surface area contributed by atoms with Gasteiger partial charge in [-0.05, 0) is 54.4 Å². The molecular formula is C29H32ClN7O2S. The van der Waals surface area contributed by atoms with Crippen molar-refractivity contribution in [2.24, 2.45) is 7.05 Å². The minimum absolute atomic E-state index is 0. The second kappa shape index (κ2) is 11.9. The number of anilines is 5. The van der Waals surface area contributed by atoms with Gasteiger partial charge >= 0.3 is 0 Å². The molecule has 0 fully saturated rings. The number of hydrogen-bond donors (Lipinski definition) is 2. The van der Waals surface area contributed by atoms with Gasteiger partial charge in [-0.25, -0.2) is 18.4 Å². The van der Waals surface area contributed by atoms with E-state index in [-0.39, 0.29) is 24.2 Å². The predicted octanol–water partition coefficient (Wildman–Crippen LogP) is 6.01. The SMILES string of the molecule is CC(Nc1nc2cc(N(C)c3ccnc(Nc4ccc(CS(C)(=O)=O)cc4)n3)ccc2n1C)c1ccccc1.Cl. The summed E-state index contributed by atoms with van der Waals surface area (Å²) >= 11 is 0. The zero-order valence-electron chi connectivity index (χ0n) is 22.7. The van der Waals surface area contributed by atoms with Gasteiger partial charge in [0.15, 0.2) is 9.84 Å². The van der Waals surface area contributed by atoms with Gasteiger partial charge in [0.2, 0.25) is 11.9 Å². The molecule has 0 aliphatic heterocycles. The third-order valence-electron chi connectivity index (χ3n) is 6.52. The lowest BCUT2D eigenvalue weighted by Crippen LogP contribution is -2.12. The number of aromatic nitrogens is 4. The van der Waals surface area contributed by atoms with Crippen molar-refractivity contribution >= 4 is 62.4 Å².